The minimum Gasteiger partial charge on any atom is -0.490 e. The first-order chi connectivity index (χ1) is 13.4. The maximum atomic E-state index is 13.2. The van der Waals surface area contributed by atoms with Crippen molar-refractivity contribution in [2.75, 3.05) is 19.0 Å². The summed E-state index contributed by atoms with van der Waals surface area (Å²) in [6.45, 7) is 6.37. The van der Waals surface area contributed by atoms with E-state index in [9.17, 15) is 9.59 Å². The highest BCUT2D eigenvalue weighted by Gasteiger charge is 2.39. The highest BCUT2D eigenvalue weighted by atomic mass is 16.5. The van der Waals surface area contributed by atoms with Gasteiger partial charge in [-0.3, -0.25) is 4.79 Å². The van der Waals surface area contributed by atoms with Crippen LogP contribution in [0.2, 0.25) is 0 Å². The van der Waals surface area contributed by atoms with Crippen LogP contribution in [-0.4, -0.2) is 37.3 Å². The molecule has 6 nitrogen and oxygen atoms in total. The maximum absolute atomic E-state index is 13.2. The summed E-state index contributed by atoms with van der Waals surface area (Å²) in [5.41, 5.74) is 0.0222. The largest absolute Gasteiger partial charge is 0.490 e. The molecular weight excluding hydrogens is 358 g/mol. The fourth-order valence-electron chi connectivity index (χ4n) is 3.51. The van der Waals surface area contributed by atoms with Crippen molar-refractivity contribution < 1.29 is 23.8 Å². The normalized spacial score (nSPS) is 16.3. The average Bonchev–Trinajstić information content (AvgIpc) is 2.93. The third kappa shape index (κ3) is 5.71. The van der Waals surface area contributed by atoms with Gasteiger partial charge in [-0.1, -0.05) is 32.6 Å². The van der Waals surface area contributed by atoms with Gasteiger partial charge < -0.3 is 19.5 Å². The van der Waals surface area contributed by atoms with E-state index in [2.05, 4.69) is 5.32 Å². The van der Waals surface area contributed by atoms with Gasteiger partial charge in [0.05, 0.1) is 13.2 Å². The van der Waals surface area contributed by atoms with Gasteiger partial charge in [0.2, 0.25) is 0 Å². The number of rotatable bonds is 8. The summed E-state index contributed by atoms with van der Waals surface area (Å²) in [6.07, 6.45) is 6.42. The average molecular weight is 392 g/mol. The van der Waals surface area contributed by atoms with Crippen molar-refractivity contribution in [2.45, 2.75) is 77.4 Å². The number of esters is 1. The van der Waals surface area contributed by atoms with Gasteiger partial charge in [0, 0.05) is 12.3 Å². The fraction of sp³-hybridized carbons (Fsp3) is 0.636. The van der Waals surface area contributed by atoms with Gasteiger partial charge in [0.15, 0.2) is 0 Å². The van der Waals surface area contributed by atoms with Crippen LogP contribution in [0.5, 0.6) is 5.75 Å². The Hall–Kier alpha value is -2.08. The summed E-state index contributed by atoms with van der Waals surface area (Å²) >= 11 is 0. The van der Waals surface area contributed by atoms with Crippen LogP contribution in [0.1, 0.15) is 76.1 Å². The molecule has 0 aliphatic heterocycles. The summed E-state index contributed by atoms with van der Waals surface area (Å²) in [7, 11) is 1.33. The molecule has 1 amide bonds. The number of hydrogen-bond donors (Lipinski definition) is 1. The second kappa shape index (κ2) is 10.5. The van der Waals surface area contributed by atoms with Crippen molar-refractivity contribution in [3.8, 4) is 5.75 Å². The summed E-state index contributed by atoms with van der Waals surface area (Å²) in [4.78, 5) is 25.3. The van der Waals surface area contributed by atoms with Crippen LogP contribution in [0.15, 0.2) is 18.2 Å². The van der Waals surface area contributed by atoms with Crippen molar-refractivity contribution in [3.05, 3.63) is 23.8 Å². The van der Waals surface area contributed by atoms with Gasteiger partial charge in [-0.15, -0.1) is 0 Å². The number of hydrogen-bond acceptors (Lipinski definition) is 5. The minimum atomic E-state index is -0.801. The first kappa shape index (κ1) is 22.2. The Morgan fingerprint density at radius 2 is 1.82 bits per heavy atom. The highest BCUT2D eigenvalue weighted by Crippen LogP contribution is 2.33. The molecule has 0 spiro atoms. The van der Waals surface area contributed by atoms with E-state index in [0.717, 1.165) is 44.9 Å². The predicted molar refractivity (Wildman–Crippen MR) is 109 cm³/mol. The summed E-state index contributed by atoms with van der Waals surface area (Å²) in [6, 6.07) is 5.03. The molecule has 0 bridgehead atoms. The topological polar surface area (TPSA) is 73.9 Å². The molecular formula is C22H33NO5. The zero-order valence-electron chi connectivity index (χ0n) is 17.5. The third-order valence-electron chi connectivity index (χ3n) is 4.91. The molecule has 156 valence electrons. The van der Waals surface area contributed by atoms with Crippen LogP contribution < -0.4 is 10.1 Å². The molecule has 1 fully saturated rings. The Labute approximate surface area is 167 Å². The lowest BCUT2D eigenvalue weighted by Crippen LogP contribution is -2.45. The van der Waals surface area contributed by atoms with Crippen molar-refractivity contribution in [1.29, 1.82) is 0 Å². The lowest BCUT2D eigenvalue weighted by Gasteiger charge is -2.31. The molecule has 0 radical (unpaired) electrons. The molecule has 1 aromatic carbocycles. The lowest BCUT2D eigenvalue weighted by atomic mass is 9.92. The van der Waals surface area contributed by atoms with Gasteiger partial charge >= 0.3 is 5.97 Å². The number of methoxy groups -OCH3 is 1. The monoisotopic (exact) mass is 391 g/mol. The van der Waals surface area contributed by atoms with Crippen LogP contribution in [0, 0.1) is 0 Å². The Morgan fingerprint density at radius 1 is 1.14 bits per heavy atom. The quantitative estimate of drug-likeness (QED) is 0.513. The van der Waals surface area contributed by atoms with Crippen LogP contribution >= 0.6 is 0 Å². The van der Waals surface area contributed by atoms with Crippen LogP contribution in [-0.2, 0) is 14.3 Å². The first-order valence-corrected chi connectivity index (χ1v) is 10.3. The third-order valence-corrected chi connectivity index (χ3v) is 4.91. The van der Waals surface area contributed by atoms with E-state index >= 15 is 0 Å². The number of carbonyl (C=O) groups excluding carboxylic acids is 2. The van der Waals surface area contributed by atoms with E-state index in [-0.39, 0.29) is 12.0 Å². The minimum absolute atomic E-state index is 0.0828. The molecule has 2 rings (SSSR count). The van der Waals surface area contributed by atoms with Crippen molar-refractivity contribution in [1.82, 2.24) is 0 Å². The van der Waals surface area contributed by atoms with E-state index in [4.69, 9.17) is 14.2 Å². The Morgan fingerprint density at radius 3 is 2.39 bits per heavy atom. The number of nitrogens with one attached hydrogen (secondary N) is 1. The van der Waals surface area contributed by atoms with Gasteiger partial charge in [0.1, 0.15) is 16.9 Å². The molecule has 0 saturated heterocycles. The molecule has 0 aromatic heterocycles. The molecule has 1 N–H and O–H groups in total. The maximum Gasteiger partial charge on any atom is 0.341 e. The van der Waals surface area contributed by atoms with Gasteiger partial charge in [0.25, 0.3) is 5.91 Å². The molecule has 0 atom stereocenters. The van der Waals surface area contributed by atoms with Crippen molar-refractivity contribution in [2.24, 2.45) is 0 Å². The summed E-state index contributed by atoms with van der Waals surface area (Å²) in [5, 5.41) is 2.96. The molecule has 6 heteroatoms. The SMILES string of the molecule is CCCOC1(C(=O)Nc2ccc(OC(C)C)c(C(=O)OC)c2)CCCCCC1. The van der Waals surface area contributed by atoms with Crippen LogP contribution in [0.3, 0.4) is 0 Å². The van der Waals surface area contributed by atoms with Gasteiger partial charge in [-0.05, 0) is 51.3 Å². The molecule has 28 heavy (non-hydrogen) atoms. The van der Waals surface area contributed by atoms with Gasteiger partial charge in [-0.25, -0.2) is 4.79 Å². The Bertz CT molecular complexity index is 663. The summed E-state index contributed by atoms with van der Waals surface area (Å²) in [5.74, 6) is -0.208. The molecule has 0 heterocycles. The predicted octanol–water partition coefficient (Wildman–Crippen LogP) is 4.72. The zero-order valence-corrected chi connectivity index (χ0v) is 17.5. The molecule has 1 aliphatic rings. The van der Waals surface area contributed by atoms with E-state index in [1.165, 1.54) is 7.11 Å². The molecule has 1 aliphatic carbocycles. The van der Waals surface area contributed by atoms with Gasteiger partial charge in [-0.2, -0.15) is 0 Å². The Balaban J connectivity index is 2.26. The number of amides is 1. The fourth-order valence-corrected chi connectivity index (χ4v) is 3.51. The molecule has 0 unspecified atom stereocenters. The number of benzene rings is 1. The molecule has 1 aromatic rings. The van der Waals surface area contributed by atoms with Crippen molar-refractivity contribution >= 4 is 17.6 Å². The number of carbonyl (C=O) groups is 2. The highest BCUT2D eigenvalue weighted by molar-refractivity contribution is 5.99. The number of ether oxygens (including phenoxy) is 3. The zero-order chi connectivity index (χ0) is 20.6. The first-order valence-electron chi connectivity index (χ1n) is 10.3. The van der Waals surface area contributed by atoms with E-state index in [1.807, 2.05) is 20.8 Å². The second-order valence-corrected chi connectivity index (χ2v) is 7.58. The van der Waals surface area contributed by atoms with E-state index in [1.54, 1.807) is 18.2 Å². The van der Waals surface area contributed by atoms with Crippen LogP contribution in [0.25, 0.3) is 0 Å². The van der Waals surface area contributed by atoms with Crippen molar-refractivity contribution in [3.63, 3.8) is 0 Å². The van der Waals surface area contributed by atoms with Crippen LogP contribution in [0.4, 0.5) is 5.69 Å². The number of anilines is 1. The second-order valence-electron chi connectivity index (χ2n) is 7.58. The Kier molecular flexibility index (Phi) is 8.30. The molecule has 1 saturated carbocycles. The smallest absolute Gasteiger partial charge is 0.341 e. The standard InChI is InChI=1S/C22H33NO5/c1-5-14-27-22(12-8-6-7-9-13-22)21(25)23-17-10-11-19(28-16(2)3)18(15-17)20(24)26-4/h10-11,15-16H,5-9,12-14H2,1-4H3,(H,23,25). The summed E-state index contributed by atoms with van der Waals surface area (Å²) < 4.78 is 16.6. The van der Waals surface area contributed by atoms with E-state index < -0.39 is 11.6 Å². The van der Waals surface area contributed by atoms with E-state index in [0.29, 0.717) is 23.6 Å². The lowest BCUT2D eigenvalue weighted by molar-refractivity contribution is -0.143.